The zero-order chi connectivity index (χ0) is 25.2. The van der Waals surface area contributed by atoms with E-state index in [-0.39, 0.29) is 41.6 Å². The molecule has 10 heteroatoms. The van der Waals surface area contributed by atoms with Crippen LogP contribution in [0.1, 0.15) is 38.4 Å². The standard InChI is InChI=1S/C25H27BClNO7/c1-12(2)18-10-17-22(24(31)28(23(17)30)14-5-3-4-13(8-14)26(33)34)19-11-21(35-25(18,19)32)16-7-6-15(29)9-20(16)27/h3-9,12,17-19,21-22,29,32-34H,10-11H2,1-2H3/t17-,18+,19-,21-,22-,25+/m0/s1. The topological polar surface area (TPSA) is 128 Å². The van der Waals surface area contributed by atoms with Crippen molar-refractivity contribution in [2.75, 3.05) is 4.90 Å². The fraction of sp³-hybridized carbons (Fsp3) is 0.440. The molecule has 2 aromatic carbocycles. The summed E-state index contributed by atoms with van der Waals surface area (Å²) in [5.74, 6) is -4.88. The van der Waals surface area contributed by atoms with Crippen molar-refractivity contribution >= 4 is 41.7 Å². The zero-order valence-corrected chi connectivity index (χ0v) is 20.1. The third-order valence-electron chi connectivity index (χ3n) is 7.84. The van der Waals surface area contributed by atoms with Gasteiger partial charge >= 0.3 is 7.12 Å². The molecule has 2 amide bonds. The maximum Gasteiger partial charge on any atom is 0.488 e. The lowest BCUT2D eigenvalue weighted by Crippen LogP contribution is -2.55. The lowest BCUT2D eigenvalue weighted by molar-refractivity contribution is -0.276. The Hall–Kier alpha value is -2.43. The highest BCUT2D eigenvalue weighted by molar-refractivity contribution is 6.58. The molecule has 2 heterocycles. The van der Waals surface area contributed by atoms with E-state index in [1.165, 1.54) is 24.3 Å². The molecule has 4 N–H and O–H groups in total. The quantitative estimate of drug-likeness (QED) is 0.374. The number of carbonyl (C=O) groups excluding carboxylic acids is 2. The number of fused-ring (bicyclic) bond motifs is 3. The Morgan fingerprint density at radius 3 is 2.51 bits per heavy atom. The summed E-state index contributed by atoms with van der Waals surface area (Å²) in [5.41, 5.74) is 1.03. The van der Waals surface area contributed by atoms with Gasteiger partial charge in [-0.15, -0.1) is 0 Å². The van der Waals surface area contributed by atoms with E-state index in [1.54, 1.807) is 18.2 Å². The molecule has 1 saturated carbocycles. The van der Waals surface area contributed by atoms with Crippen LogP contribution in [0, 0.1) is 29.6 Å². The first-order valence-corrected chi connectivity index (χ1v) is 12.1. The summed E-state index contributed by atoms with van der Waals surface area (Å²) in [7, 11) is -1.74. The largest absolute Gasteiger partial charge is 0.508 e. The molecular weight excluding hydrogens is 473 g/mol. The molecule has 2 aromatic rings. The van der Waals surface area contributed by atoms with Crippen LogP contribution in [0.4, 0.5) is 5.69 Å². The van der Waals surface area contributed by atoms with E-state index in [1.807, 2.05) is 13.8 Å². The maximum absolute atomic E-state index is 13.7. The minimum Gasteiger partial charge on any atom is -0.508 e. The van der Waals surface area contributed by atoms with Crippen molar-refractivity contribution in [2.24, 2.45) is 29.6 Å². The van der Waals surface area contributed by atoms with Crippen molar-refractivity contribution in [3.8, 4) is 5.75 Å². The van der Waals surface area contributed by atoms with Gasteiger partial charge in [-0.1, -0.05) is 43.6 Å². The van der Waals surface area contributed by atoms with Crippen LogP contribution < -0.4 is 10.4 Å². The second-order valence-corrected chi connectivity index (χ2v) is 10.5. The summed E-state index contributed by atoms with van der Waals surface area (Å²) >= 11 is 6.37. The molecule has 35 heavy (non-hydrogen) atoms. The molecule has 0 aromatic heterocycles. The molecule has 2 aliphatic heterocycles. The number of imide groups is 1. The second-order valence-electron chi connectivity index (χ2n) is 10.1. The smallest absolute Gasteiger partial charge is 0.488 e. The minimum absolute atomic E-state index is 0.00966. The third-order valence-corrected chi connectivity index (χ3v) is 8.17. The Balaban J connectivity index is 1.54. The molecule has 0 radical (unpaired) electrons. The average Bonchev–Trinajstić information content (AvgIpc) is 3.26. The van der Waals surface area contributed by atoms with E-state index >= 15 is 0 Å². The number of aliphatic hydroxyl groups is 1. The van der Waals surface area contributed by atoms with Gasteiger partial charge < -0.3 is 25.0 Å². The molecule has 1 aliphatic carbocycles. The fourth-order valence-corrected chi connectivity index (χ4v) is 6.51. The van der Waals surface area contributed by atoms with Crippen molar-refractivity contribution in [3.05, 3.63) is 53.1 Å². The zero-order valence-electron chi connectivity index (χ0n) is 19.3. The number of nitrogens with zero attached hydrogens (tertiary/aromatic N) is 1. The monoisotopic (exact) mass is 499 g/mol. The van der Waals surface area contributed by atoms with Crippen molar-refractivity contribution in [2.45, 2.75) is 38.6 Å². The molecule has 3 fully saturated rings. The normalized spacial score (nSPS) is 32.2. The molecule has 8 nitrogen and oxygen atoms in total. The summed E-state index contributed by atoms with van der Waals surface area (Å²) in [6.45, 7) is 3.91. The second kappa shape index (κ2) is 8.60. The number of halogens is 1. The summed E-state index contributed by atoms with van der Waals surface area (Å²) in [6, 6.07) is 10.6. The molecule has 2 saturated heterocycles. The van der Waals surface area contributed by atoms with E-state index in [0.29, 0.717) is 10.6 Å². The number of phenolic OH excluding ortho intramolecular Hbond substituents is 1. The van der Waals surface area contributed by atoms with Crippen LogP contribution in [0.25, 0.3) is 0 Å². The van der Waals surface area contributed by atoms with Crippen molar-refractivity contribution in [3.63, 3.8) is 0 Å². The summed E-state index contributed by atoms with van der Waals surface area (Å²) < 4.78 is 6.26. The van der Waals surface area contributed by atoms with Crippen molar-refractivity contribution < 1.29 is 34.6 Å². The first kappa shape index (κ1) is 24.3. The highest BCUT2D eigenvalue weighted by Crippen LogP contribution is 2.60. The van der Waals surface area contributed by atoms with Crippen molar-refractivity contribution in [1.29, 1.82) is 0 Å². The lowest BCUT2D eigenvalue weighted by Gasteiger charge is -2.46. The summed E-state index contributed by atoms with van der Waals surface area (Å²) in [4.78, 5) is 28.3. The number of hydrogen-bond donors (Lipinski definition) is 4. The molecule has 0 bridgehead atoms. The molecule has 0 unspecified atom stereocenters. The Labute approximate surface area is 208 Å². The molecule has 3 aliphatic rings. The van der Waals surface area contributed by atoms with Crippen LogP contribution in [0.3, 0.4) is 0 Å². The Kier molecular flexibility index (Phi) is 5.97. The lowest BCUT2D eigenvalue weighted by atomic mass is 9.62. The van der Waals surface area contributed by atoms with E-state index in [4.69, 9.17) is 16.3 Å². The number of hydrogen-bond acceptors (Lipinski definition) is 7. The number of phenols is 1. The molecule has 0 spiro atoms. The highest BCUT2D eigenvalue weighted by Gasteiger charge is 2.67. The molecule has 6 atom stereocenters. The predicted molar refractivity (Wildman–Crippen MR) is 129 cm³/mol. The highest BCUT2D eigenvalue weighted by atomic mass is 35.5. The molecule has 184 valence electrons. The number of aromatic hydroxyl groups is 1. The van der Waals surface area contributed by atoms with E-state index in [0.717, 1.165) is 4.90 Å². The minimum atomic E-state index is -1.74. The van der Waals surface area contributed by atoms with Gasteiger partial charge in [0.2, 0.25) is 11.8 Å². The van der Waals surface area contributed by atoms with Gasteiger partial charge in [0, 0.05) is 11.8 Å². The van der Waals surface area contributed by atoms with Crippen LogP contribution >= 0.6 is 11.6 Å². The van der Waals surface area contributed by atoms with Gasteiger partial charge in [0.25, 0.3) is 0 Å². The Morgan fingerprint density at radius 1 is 1.11 bits per heavy atom. The Bertz CT molecular complexity index is 1190. The van der Waals surface area contributed by atoms with Gasteiger partial charge in [-0.05, 0) is 54.1 Å². The summed E-state index contributed by atoms with van der Waals surface area (Å²) in [5, 5.41) is 41.0. The Morgan fingerprint density at radius 2 is 1.86 bits per heavy atom. The third kappa shape index (κ3) is 3.77. The van der Waals surface area contributed by atoms with Gasteiger partial charge in [-0.25, -0.2) is 0 Å². The number of rotatable bonds is 4. The molecule has 5 rings (SSSR count). The fourth-order valence-electron chi connectivity index (χ4n) is 6.22. The van der Waals surface area contributed by atoms with Crippen LogP contribution in [-0.4, -0.2) is 45.0 Å². The molecular formula is C25H27BClNO7. The number of anilines is 1. The van der Waals surface area contributed by atoms with Crippen LogP contribution in [0.15, 0.2) is 42.5 Å². The van der Waals surface area contributed by atoms with E-state index < -0.39 is 48.6 Å². The van der Waals surface area contributed by atoms with Crippen LogP contribution in [-0.2, 0) is 14.3 Å². The number of amides is 2. The predicted octanol–water partition coefficient (Wildman–Crippen LogP) is 1.97. The maximum atomic E-state index is 13.7. The van der Waals surface area contributed by atoms with Gasteiger partial charge in [0.1, 0.15) is 5.75 Å². The number of benzene rings is 2. The number of ether oxygens (including phenoxy) is 1. The van der Waals surface area contributed by atoms with Gasteiger partial charge in [0.05, 0.1) is 28.6 Å². The van der Waals surface area contributed by atoms with Crippen LogP contribution in [0.2, 0.25) is 5.02 Å². The van der Waals surface area contributed by atoms with Crippen LogP contribution in [0.5, 0.6) is 5.75 Å². The number of carbonyl (C=O) groups is 2. The van der Waals surface area contributed by atoms with E-state index in [2.05, 4.69) is 0 Å². The van der Waals surface area contributed by atoms with Gasteiger partial charge in [-0.2, -0.15) is 0 Å². The van der Waals surface area contributed by atoms with Gasteiger partial charge in [0.15, 0.2) is 5.79 Å². The van der Waals surface area contributed by atoms with Gasteiger partial charge in [-0.3, -0.25) is 14.5 Å². The summed E-state index contributed by atoms with van der Waals surface area (Å²) in [6.07, 6.45) is -0.0366. The SMILES string of the molecule is CC(C)[C@H]1C[C@@H]2C(=O)N(c3cccc(B(O)O)c3)C(=O)[C@@H]2[C@@H]2C[C@@H](c3ccc(O)cc3Cl)O[C@]12O. The van der Waals surface area contributed by atoms with Crippen molar-refractivity contribution in [1.82, 2.24) is 0 Å². The van der Waals surface area contributed by atoms with E-state index in [9.17, 15) is 29.9 Å². The average molecular weight is 500 g/mol. The first-order valence-electron chi connectivity index (χ1n) is 11.8. The first-order chi connectivity index (χ1) is 16.5.